The smallest absolute Gasteiger partial charge is 0.254 e. The number of likely N-dealkylation sites (tertiary alicyclic amines) is 1. The van der Waals surface area contributed by atoms with Gasteiger partial charge in [-0.15, -0.1) is 0 Å². The number of hydrogen-bond acceptors (Lipinski definition) is 5. The van der Waals surface area contributed by atoms with Crippen LogP contribution in [-0.2, 0) is 7.05 Å². The fourth-order valence-corrected chi connectivity index (χ4v) is 3.55. The van der Waals surface area contributed by atoms with Crippen LogP contribution in [0.25, 0.3) is 0 Å². The summed E-state index contributed by atoms with van der Waals surface area (Å²) >= 11 is 0. The van der Waals surface area contributed by atoms with Crippen LogP contribution in [0, 0.1) is 6.92 Å². The quantitative estimate of drug-likeness (QED) is 0.851. The molecule has 7 heteroatoms. The summed E-state index contributed by atoms with van der Waals surface area (Å²) < 4.78 is 7.28. The fraction of sp³-hybridized carbons (Fsp3) is 0.500. The zero-order valence-electron chi connectivity index (χ0n) is 15.5. The Morgan fingerprint density at radius 1 is 1.40 bits per heavy atom. The van der Waals surface area contributed by atoms with Crippen molar-refractivity contribution in [3.63, 3.8) is 0 Å². The molecule has 0 N–H and O–H groups in total. The molecule has 2 aromatic heterocycles. The van der Waals surface area contributed by atoms with Gasteiger partial charge in [-0.3, -0.25) is 4.79 Å². The van der Waals surface area contributed by atoms with Gasteiger partial charge in [0.05, 0.1) is 24.4 Å². The highest BCUT2D eigenvalue weighted by atomic mass is 16.5. The van der Waals surface area contributed by atoms with Gasteiger partial charge in [0.1, 0.15) is 5.82 Å². The van der Waals surface area contributed by atoms with Gasteiger partial charge >= 0.3 is 0 Å². The molecular weight excluding hydrogens is 318 g/mol. The average molecular weight is 343 g/mol. The number of carbonyl (C=O) groups excluding carboxylic acids is 1. The number of rotatable bonds is 4. The molecule has 134 valence electrons. The standard InChI is InChI=1S/C18H25N5O2/c1-12-16(18(25-5)22(4)20-12)14-7-6-10-23(14)17(24)13-8-9-19-15(11-13)21(2)3/h8-9,11,14H,6-7,10H2,1-5H3/t14-/m0/s1. The summed E-state index contributed by atoms with van der Waals surface area (Å²) in [7, 11) is 7.34. The monoisotopic (exact) mass is 343 g/mol. The average Bonchev–Trinajstić information content (AvgIpc) is 3.17. The van der Waals surface area contributed by atoms with Gasteiger partial charge in [0.15, 0.2) is 0 Å². The van der Waals surface area contributed by atoms with Gasteiger partial charge in [-0.1, -0.05) is 0 Å². The topological polar surface area (TPSA) is 63.5 Å². The second kappa shape index (κ2) is 6.74. The molecule has 0 aromatic carbocycles. The highest BCUT2D eigenvalue weighted by molar-refractivity contribution is 5.95. The third-order valence-corrected chi connectivity index (χ3v) is 4.70. The van der Waals surface area contributed by atoms with Crippen LogP contribution in [0.4, 0.5) is 5.82 Å². The van der Waals surface area contributed by atoms with Crippen molar-refractivity contribution in [1.29, 1.82) is 0 Å². The van der Waals surface area contributed by atoms with Crippen molar-refractivity contribution in [3.8, 4) is 5.88 Å². The van der Waals surface area contributed by atoms with E-state index < -0.39 is 0 Å². The lowest BCUT2D eigenvalue weighted by molar-refractivity contribution is 0.0733. The van der Waals surface area contributed by atoms with Crippen molar-refractivity contribution in [2.75, 3.05) is 32.6 Å². The van der Waals surface area contributed by atoms with Crippen LogP contribution >= 0.6 is 0 Å². The van der Waals surface area contributed by atoms with E-state index in [1.54, 1.807) is 24.1 Å². The number of aryl methyl sites for hydroxylation is 2. The normalized spacial score (nSPS) is 17.0. The van der Waals surface area contributed by atoms with Crippen molar-refractivity contribution in [2.24, 2.45) is 7.05 Å². The number of methoxy groups -OCH3 is 1. The summed E-state index contributed by atoms with van der Waals surface area (Å²) in [5, 5.41) is 4.47. The van der Waals surface area contributed by atoms with Gasteiger partial charge < -0.3 is 14.5 Å². The molecule has 0 saturated carbocycles. The molecule has 0 unspecified atom stereocenters. The summed E-state index contributed by atoms with van der Waals surface area (Å²) in [5.74, 6) is 1.53. The van der Waals surface area contributed by atoms with Gasteiger partial charge in [0, 0.05) is 39.4 Å². The molecule has 1 fully saturated rings. The molecule has 0 spiro atoms. The summed E-state index contributed by atoms with van der Waals surface area (Å²) in [6, 6.07) is 3.61. The minimum absolute atomic E-state index is 0.00729. The van der Waals surface area contributed by atoms with E-state index in [0.29, 0.717) is 5.56 Å². The Balaban J connectivity index is 1.94. The summed E-state index contributed by atoms with van der Waals surface area (Å²) in [5.41, 5.74) is 2.58. The Hall–Kier alpha value is -2.57. The first-order valence-corrected chi connectivity index (χ1v) is 8.46. The van der Waals surface area contributed by atoms with E-state index in [1.807, 2.05) is 43.9 Å². The number of ether oxygens (including phenoxy) is 1. The first-order valence-electron chi connectivity index (χ1n) is 8.46. The Morgan fingerprint density at radius 2 is 2.16 bits per heavy atom. The number of hydrogen-bond donors (Lipinski definition) is 0. The maximum absolute atomic E-state index is 13.1. The number of amides is 1. The largest absolute Gasteiger partial charge is 0.481 e. The van der Waals surface area contributed by atoms with E-state index in [0.717, 1.165) is 42.3 Å². The third-order valence-electron chi connectivity index (χ3n) is 4.70. The molecule has 3 rings (SSSR count). The molecule has 7 nitrogen and oxygen atoms in total. The molecule has 0 aliphatic carbocycles. The number of carbonyl (C=O) groups is 1. The van der Waals surface area contributed by atoms with E-state index in [-0.39, 0.29) is 11.9 Å². The second-order valence-corrected chi connectivity index (χ2v) is 6.59. The maximum atomic E-state index is 13.1. The Morgan fingerprint density at radius 3 is 2.84 bits per heavy atom. The summed E-state index contributed by atoms with van der Waals surface area (Å²) in [6.07, 6.45) is 3.57. The minimum atomic E-state index is -0.00729. The highest BCUT2D eigenvalue weighted by Crippen LogP contribution is 2.39. The van der Waals surface area contributed by atoms with Crippen LogP contribution in [0.3, 0.4) is 0 Å². The fourth-order valence-electron chi connectivity index (χ4n) is 3.55. The number of anilines is 1. The number of pyridine rings is 1. The van der Waals surface area contributed by atoms with Gasteiger partial charge in [0.25, 0.3) is 5.91 Å². The molecule has 1 amide bonds. The molecule has 1 aliphatic rings. The zero-order chi connectivity index (χ0) is 18.1. The Bertz CT molecular complexity index is 784. The first kappa shape index (κ1) is 17.3. The summed E-state index contributed by atoms with van der Waals surface area (Å²) in [6.45, 7) is 2.70. The molecule has 2 aromatic rings. The molecule has 1 aliphatic heterocycles. The van der Waals surface area contributed by atoms with E-state index in [9.17, 15) is 4.79 Å². The van der Waals surface area contributed by atoms with Crippen molar-refractivity contribution in [1.82, 2.24) is 19.7 Å². The van der Waals surface area contributed by atoms with Gasteiger partial charge in [0.2, 0.25) is 5.88 Å². The first-order chi connectivity index (χ1) is 11.9. The van der Waals surface area contributed by atoms with Crippen molar-refractivity contribution >= 4 is 11.7 Å². The predicted octanol–water partition coefficient (Wildman–Crippen LogP) is 2.18. The Kier molecular flexibility index (Phi) is 4.65. The molecule has 0 radical (unpaired) electrons. The van der Waals surface area contributed by atoms with Crippen molar-refractivity contribution in [3.05, 3.63) is 35.2 Å². The lowest BCUT2D eigenvalue weighted by Crippen LogP contribution is -2.31. The lowest BCUT2D eigenvalue weighted by atomic mass is 10.0. The number of nitrogens with zero attached hydrogens (tertiary/aromatic N) is 5. The third kappa shape index (κ3) is 3.06. The van der Waals surface area contributed by atoms with Crippen LogP contribution in [0.5, 0.6) is 5.88 Å². The van der Waals surface area contributed by atoms with Crippen molar-refractivity contribution in [2.45, 2.75) is 25.8 Å². The van der Waals surface area contributed by atoms with E-state index >= 15 is 0 Å². The van der Waals surface area contributed by atoms with Gasteiger partial charge in [-0.05, 0) is 31.9 Å². The van der Waals surface area contributed by atoms with E-state index in [4.69, 9.17) is 4.74 Å². The van der Waals surface area contributed by atoms with Crippen LogP contribution < -0.4 is 9.64 Å². The van der Waals surface area contributed by atoms with E-state index in [2.05, 4.69) is 10.1 Å². The highest BCUT2D eigenvalue weighted by Gasteiger charge is 2.35. The maximum Gasteiger partial charge on any atom is 0.254 e. The zero-order valence-corrected chi connectivity index (χ0v) is 15.5. The Labute approximate surface area is 148 Å². The predicted molar refractivity (Wildman–Crippen MR) is 96.1 cm³/mol. The van der Waals surface area contributed by atoms with Crippen molar-refractivity contribution < 1.29 is 9.53 Å². The minimum Gasteiger partial charge on any atom is -0.481 e. The molecule has 1 atom stereocenters. The van der Waals surface area contributed by atoms with Gasteiger partial charge in [-0.2, -0.15) is 5.10 Å². The van der Waals surface area contributed by atoms with Crippen LogP contribution in [0.2, 0.25) is 0 Å². The van der Waals surface area contributed by atoms with Gasteiger partial charge in [-0.25, -0.2) is 9.67 Å². The number of aromatic nitrogens is 3. The van der Waals surface area contributed by atoms with Crippen LogP contribution in [0.1, 0.15) is 40.5 Å². The SMILES string of the molecule is COc1c([C@@H]2CCCN2C(=O)c2ccnc(N(C)C)c2)c(C)nn1C. The van der Waals surface area contributed by atoms with Crippen LogP contribution in [0.15, 0.2) is 18.3 Å². The van der Waals surface area contributed by atoms with Crippen LogP contribution in [-0.4, -0.2) is 53.3 Å². The molecule has 0 bridgehead atoms. The molecule has 1 saturated heterocycles. The second-order valence-electron chi connectivity index (χ2n) is 6.59. The lowest BCUT2D eigenvalue weighted by Gasteiger charge is -2.25. The molecule has 25 heavy (non-hydrogen) atoms. The summed E-state index contributed by atoms with van der Waals surface area (Å²) in [4.78, 5) is 21.3. The van der Waals surface area contributed by atoms with E-state index in [1.165, 1.54) is 0 Å². The molecule has 3 heterocycles. The molecular formula is C18H25N5O2.